The number of ether oxygens (including phenoxy) is 1. The van der Waals surface area contributed by atoms with Crippen LogP contribution in [-0.2, 0) is 19.1 Å². The zero-order valence-corrected chi connectivity index (χ0v) is 21.4. The number of amides is 2. The topological polar surface area (TPSA) is 153 Å². The standard InChI is InChI=1S/C26H32FN5O6/c1-14(26(37)38-2)30-25(36)15(10-23(28)34)9-22(33)18-13-32(16-3-4-16)20-12-21(31-7-5-29-6-8-31)19(27)11-17(20)24(18)35/h11-16,29H,3-10H2,1-2H3,(H2,28,34)(H,30,36)/t14-,15+/m0/s1. The number of nitrogens with zero attached hydrogens (tertiary/aromatic N) is 2. The fraction of sp³-hybridized carbons (Fsp3) is 0.500. The summed E-state index contributed by atoms with van der Waals surface area (Å²) in [6.07, 6.45) is 2.22. The minimum atomic E-state index is -1.21. The Hall–Kier alpha value is -3.80. The van der Waals surface area contributed by atoms with E-state index in [1.54, 1.807) is 6.07 Å². The molecule has 1 aromatic carbocycles. The number of ketones is 1. The van der Waals surface area contributed by atoms with E-state index in [4.69, 9.17) is 5.73 Å². The number of primary amides is 1. The number of methoxy groups -OCH3 is 1. The van der Waals surface area contributed by atoms with Crippen molar-refractivity contribution in [3.63, 3.8) is 0 Å². The molecule has 1 aliphatic carbocycles. The molecular weight excluding hydrogens is 497 g/mol. The quantitative estimate of drug-likeness (QED) is 0.299. The molecule has 2 atom stereocenters. The zero-order valence-electron chi connectivity index (χ0n) is 21.4. The Labute approximate surface area is 218 Å². The van der Waals surface area contributed by atoms with Crippen LogP contribution in [0.4, 0.5) is 10.1 Å². The summed E-state index contributed by atoms with van der Waals surface area (Å²) in [6.45, 7) is 4.10. The summed E-state index contributed by atoms with van der Waals surface area (Å²) >= 11 is 0. The van der Waals surface area contributed by atoms with Crippen LogP contribution in [0.5, 0.6) is 0 Å². The van der Waals surface area contributed by atoms with Crippen molar-refractivity contribution in [3.8, 4) is 0 Å². The molecule has 0 spiro atoms. The molecule has 1 aliphatic heterocycles. The summed E-state index contributed by atoms with van der Waals surface area (Å²) in [7, 11) is 1.16. The van der Waals surface area contributed by atoms with E-state index in [0.717, 1.165) is 33.0 Å². The normalized spacial score (nSPS) is 17.1. The average molecular weight is 530 g/mol. The van der Waals surface area contributed by atoms with Crippen molar-refractivity contribution in [2.24, 2.45) is 11.7 Å². The summed E-state index contributed by atoms with van der Waals surface area (Å²) in [5.41, 5.74) is 5.41. The van der Waals surface area contributed by atoms with Crippen LogP contribution < -0.4 is 26.7 Å². The summed E-state index contributed by atoms with van der Waals surface area (Å²) in [5, 5.41) is 5.71. The van der Waals surface area contributed by atoms with Gasteiger partial charge in [0.25, 0.3) is 0 Å². The predicted octanol–water partition coefficient (Wildman–Crippen LogP) is 0.627. The number of nitrogens with two attached hydrogens (primary N) is 1. The van der Waals surface area contributed by atoms with Gasteiger partial charge in [-0.1, -0.05) is 0 Å². The monoisotopic (exact) mass is 529 g/mol. The molecule has 204 valence electrons. The maximum atomic E-state index is 15.2. The molecule has 38 heavy (non-hydrogen) atoms. The Morgan fingerprint density at radius 1 is 1.18 bits per heavy atom. The van der Waals surface area contributed by atoms with E-state index in [9.17, 15) is 24.0 Å². The first-order valence-corrected chi connectivity index (χ1v) is 12.6. The molecule has 0 radical (unpaired) electrons. The zero-order chi connectivity index (χ0) is 27.6. The summed E-state index contributed by atoms with van der Waals surface area (Å²) in [6, 6.07) is 1.90. The van der Waals surface area contributed by atoms with E-state index in [2.05, 4.69) is 15.4 Å². The second-order valence-corrected chi connectivity index (χ2v) is 9.82. The number of anilines is 1. The van der Waals surface area contributed by atoms with E-state index in [1.807, 2.05) is 9.47 Å². The summed E-state index contributed by atoms with van der Waals surface area (Å²) in [4.78, 5) is 64.7. The molecule has 1 saturated heterocycles. The van der Waals surface area contributed by atoms with Crippen molar-refractivity contribution in [2.45, 2.75) is 44.7 Å². The maximum Gasteiger partial charge on any atom is 0.328 e. The second-order valence-electron chi connectivity index (χ2n) is 9.82. The molecule has 0 unspecified atom stereocenters. The van der Waals surface area contributed by atoms with Gasteiger partial charge in [0.15, 0.2) is 11.2 Å². The van der Waals surface area contributed by atoms with Crippen molar-refractivity contribution in [1.82, 2.24) is 15.2 Å². The number of piperazine rings is 1. The number of rotatable bonds is 10. The van der Waals surface area contributed by atoms with E-state index in [-0.39, 0.29) is 17.0 Å². The van der Waals surface area contributed by atoms with E-state index in [0.29, 0.717) is 24.3 Å². The molecule has 1 saturated carbocycles. The Morgan fingerprint density at radius 2 is 1.87 bits per heavy atom. The van der Waals surface area contributed by atoms with Crippen LogP contribution in [0.2, 0.25) is 0 Å². The third kappa shape index (κ3) is 5.85. The molecule has 2 heterocycles. The Kier molecular flexibility index (Phi) is 8.10. The van der Waals surface area contributed by atoms with Crippen LogP contribution in [0.1, 0.15) is 49.0 Å². The highest BCUT2D eigenvalue weighted by Crippen LogP contribution is 2.38. The lowest BCUT2D eigenvalue weighted by Crippen LogP contribution is -2.44. The molecule has 12 heteroatoms. The number of nitrogens with one attached hydrogen (secondary N) is 2. The molecule has 2 fully saturated rings. The van der Waals surface area contributed by atoms with Crippen LogP contribution in [0.25, 0.3) is 10.9 Å². The van der Waals surface area contributed by atoms with Gasteiger partial charge in [-0.3, -0.25) is 19.2 Å². The van der Waals surface area contributed by atoms with Crippen molar-refractivity contribution >= 4 is 40.2 Å². The van der Waals surface area contributed by atoms with Crippen LogP contribution in [0, 0.1) is 11.7 Å². The van der Waals surface area contributed by atoms with Crippen LogP contribution in [0.15, 0.2) is 23.1 Å². The van der Waals surface area contributed by atoms with Crippen molar-refractivity contribution in [3.05, 3.63) is 39.9 Å². The van der Waals surface area contributed by atoms with Gasteiger partial charge in [-0.15, -0.1) is 0 Å². The average Bonchev–Trinajstić information content (AvgIpc) is 3.73. The van der Waals surface area contributed by atoms with Gasteiger partial charge in [-0.2, -0.15) is 0 Å². The molecule has 1 aromatic heterocycles. The van der Waals surface area contributed by atoms with Gasteiger partial charge >= 0.3 is 5.97 Å². The van der Waals surface area contributed by atoms with Gasteiger partial charge in [0, 0.05) is 56.6 Å². The first-order chi connectivity index (χ1) is 18.1. The fourth-order valence-corrected chi connectivity index (χ4v) is 4.76. The lowest BCUT2D eigenvalue weighted by atomic mass is 9.93. The molecule has 2 aliphatic rings. The van der Waals surface area contributed by atoms with E-state index in [1.165, 1.54) is 19.2 Å². The van der Waals surface area contributed by atoms with Gasteiger partial charge in [0.1, 0.15) is 11.9 Å². The smallest absolute Gasteiger partial charge is 0.328 e. The lowest BCUT2D eigenvalue weighted by molar-refractivity contribution is -0.145. The first-order valence-electron chi connectivity index (χ1n) is 12.6. The number of carbonyl (C=O) groups excluding carboxylic acids is 4. The Morgan fingerprint density at radius 3 is 2.47 bits per heavy atom. The highest BCUT2D eigenvalue weighted by Gasteiger charge is 2.31. The predicted molar refractivity (Wildman–Crippen MR) is 137 cm³/mol. The lowest BCUT2D eigenvalue weighted by Gasteiger charge is -2.30. The van der Waals surface area contributed by atoms with Gasteiger partial charge in [-0.25, -0.2) is 9.18 Å². The van der Waals surface area contributed by atoms with Crippen molar-refractivity contribution in [1.29, 1.82) is 0 Å². The van der Waals surface area contributed by atoms with Crippen molar-refractivity contribution in [2.75, 3.05) is 38.2 Å². The SMILES string of the molecule is COC(=O)[C@H](C)NC(=O)[C@@H](CC(N)=O)CC(=O)c1cn(C2CC2)c2cc(N3CCNCC3)c(F)cc2c1=O. The van der Waals surface area contributed by atoms with Crippen LogP contribution >= 0.6 is 0 Å². The summed E-state index contributed by atoms with van der Waals surface area (Å²) < 4.78 is 21.6. The molecule has 4 rings (SSSR count). The first kappa shape index (κ1) is 27.2. The molecule has 4 N–H and O–H groups in total. The molecule has 0 bridgehead atoms. The van der Waals surface area contributed by atoms with Gasteiger partial charge in [0.2, 0.25) is 11.8 Å². The number of fused-ring (bicyclic) bond motifs is 1. The van der Waals surface area contributed by atoms with Crippen LogP contribution in [-0.4, -0.2) is 67.5 Å². The number of benzene rings is 1. The number of esters is 1. The third-order valence-electron chi connectivity index (χ3n) is 6.96. The molecule has 2 aromatic rings. The van der Waals surface area contributed by atoms with Crippen LogP contribution in [0.3, 0.4) is 0 Å². The molecule has 2 amide bonds. The van der Waals surface area contributed by atoms with Gasteiger partial charge < -0.3 is 30.6 Å². The fourth-order valence-electron chi connectivity index (χ4n) is 4.76. The van der Waals surface area contributed by atoms with E-state index >= 15 is 4.39 Å². The summed E-state index contributed by atoms with van der Waals surface area (Å²) in [5.74, 6) is -4.70. The highest BCUT2D eigenvalue weighted by molar-refractivity contribution is 6.02. The highest BCUT2D eigenvalue weighted by atomic mass is 19.1. The number of hydrogen-bond donors (Lipinski definition) is 3. The number of halogens is 1. The number of carbonyl (C=O) groups is 4. The second kappa shape index (κ2) is 11.3. The van der Waals surface area contributed by atoms with Crippen molar-refractivity contribution < 1.29 is 28.3 Å². The Bertz CT molecular complexity index is 1330. The van der Waals surface area contributed by atoms with Gasteiger partial charge in [-0.05, 0) is 31.9 Å². The number of hydrogen-bond acceptors (Lipinski definition) is 8. The number of pyridine rings is 1. The molecule has 11 nitrogen and oxygen atoms in total. The third-order valence-corrected chi connectivity index (χ3v) is 6.96. The number of Topliss-reactive ketones (excluding diaryl/α,β-unsaturated/α-hetero) is 1. The minimum absolute atomic E-state index is 0.0663. The minimum Gasteiger partial charge on any atom is -0.467 e. The van der Waals surface area contributed by atoms with Gasteiger partial charge in [0.05, 0.1) is 29.8 Å². The number of aromatic nitrogens is 1. The molecular formula is C26H32FN5O6. The van der Waals surface area contributed by atoms with E-state index < -0.39 is 59.6 Å². The largest absolute Gasteiger partial charge is 0.467 e. The Balaban J connectivity index is 1.68. The maximum absolute atomic E-state index is 15.2.